The molecule has 2 N–H and O–H groups in total. The van der Waals surface area contributed by atoms with Gasteiger partial charge in [-0.15, -0.1) is 11.3 Å². The quantitative estimate of drug-likeness (QED) is 0.753. The molecule has 13 heavy (non-hydrogen) atoms. The van der Waals surface area contributed by atoms with Crippen molar-refractivity contribution in [1.29, 1.82) is 0 Å². The fraction of sp³-hybridized carbons (Fsp3) is 0.444. The Bertz CT molecular complexity index is 281. The zero-order chi connectivity index (χ0) is 9.68. The zero-order valence-electron chi connectivity index (χ0n) is 7.89. The molecule has 0 fully saturated rings. The number of thiocarbonyl (C=S) groups is 1. The second kappa shape index (κ2) is 5.19. The van der Waals surface area contributed by atoms with Crippen LogP contribution in [0.1, 0.15) is 16.7 Å². The van der Waals surface area contributed by atoms with Crippen LogP contribution in [0.5, 0.6) is 0 Å². The molecule has 4 heteroatoms. The number of hydrogen-bond donors (Lipinski definition) is 2. The highest BCUT2D eigenvalue weighted by Crippen LogP contribution is 2.14. The highest BCUT2D eigenvalue weighted by molar-refractivity contribution is 7.80. The summed E-state index contributed by atoms with van der Waals surface area (Å²) >= 11 is 6.84. The molecular formula is C9H14N2S2. The third-order valence-corrected chi connectivity index (χ3v) is 2.85. The van der Waals surface area contributed by atoms with Gasteiger partial charge in [0.2, 0.25) is 0 Å². The van der Waals surface area contributed by atoms with Crippen molar-refractivity contribution >= 4 is 28.7 Å². The molecule has 1 aromatic heterocycles. The minimum absolute atomic E-state index is 0.730. The van der Waals surface area contributed by atoms with Crippen molar-refractivity contribution in [2.45, 2.75) is 20.4 Å². The van der Waals surface area contributed by atoms with Crippen molar-refractivity contribution in [3.8, 4) is 0 Å². The van der Waals surface area contributed by atoms with E-state index in [4.69, 9.17) is 12.2 Å². The largest absolute Gasteiger partial charge is 0.363 e. The summed E-state index contributed by atoms with van der Waals surface area (Å²) in [7, 11) is 0. The Morgan fingerprint density at radius 2 is 2.23 bits per heavy atom. The van der Waals surface area contributed by atoms with Crippen LogP contribution in [0.25, 0.3) is 0 Å². The van der Waals surface area contributed by atoms with E-state index in [1.54, 1.807) is 11.3 Å². The summed E-state index contributed by atoms with van der Waals surface area (Å²) in [5.74, 6) is 0. The molecule has 0 amide bonds. The first-order valence-corrected chi connectivity index (χ1v) is 5.52. The van der Waals surface area contributed by atoms with Crippen LogP contribution in [0, 0.1) is 6.92 Å². The average molecular weight is 214 g/mol. The van der Waals surface area contributed by atoms with Gasteiger partial charge in [0.05, 0.1) is 6.54 Å². The molecule has 0 bridgehead atoms. The van der Waals surface area contributed by atoms with Gasteiger partial charge in [-0.3, -0.25) is 0 Å². The highest BCUT2D eigenvalue weighted by Gasteiger charge is 1.97. The predicted molar refractivity (Wildman–Crippen MR) is 62.2 cm³/mol. The number of aryl methyl sites for hydroxylation is 1. The number of hydrogen-bond acceptors (Lipinski definition) is 2. The van der Waals surface area contributed by atoms with Gasteiger partial charge in [0, 0.05) is 16.3 Å². The normalized spacial score (nSPS) is 9.69. The summed E-state index contributed by atoms with van der Waals surface area (Å²) in [4.78, 5) is 2.66. The Labute approximate surface area is 88.4 Å². The molecule has 72 valence electrons. The molecule has 0 aromatic carbocycles. The summed E-state index contributed by atoms with van der Waals surface area (Å²) in [5.41, 5.74) is 0. The fourth-order valence-corrected chi connectivity index (χ4v) is 2.02. The van der Waals surface area contributed by atoms with E-state index >= 15 is 0 Å². The molecule has 0 aliphatic rings. The smallest absolute Gasteiger partial charge is 0.166 e. The molecule has 0 saturated heterocycles. The van der Waals surface area contributed by atoms with Crippen LogP contribution in [0.4, 0.5) is 0 Å². The van der Waals surface area contributed by atoms with Crippen molar-refractivity contribution in [1.82, 2.24) is 10.6 Å². The topological polar surface area (TPSA) is 24.1 Å². The minimum atomic E-state index is 0.730. The van der Waals surface area contributed by atoms with Crippen LogP contribution < -0.4 is 10.6 Å². The predicted octanol–water partition coefficient (Wildman–Crippen LogP) is 2.04. The Morgan fingerprint density at radius 1 is 1.46 bits per heavy atom. The van der Waals surface area contributed by atoms with Gasteiger partial charge in [0.1, 0.15) is 0 Å². The van der Waals surface area contributed by atoms with Gasteiger partial charge >= 0.3 is 0 Å². The van der Waals surface area contributed by atoms with E-state index in [1.165, 1.54) is 9.75 Å². The van der Waals surface area contributed by atoms with E-state index in [0.29, 0.717) is 0 Å². The summed E-state index contributed by atoms with van der Waals surface area (Å²) in [6.45, 7) is 5.83. The molecule has 0 unspecified atom stereocenters. The standard InChI is InChI=1S/C9H14N2S2/c1-3-10-9(12)11-6-8-5-4-7(2)13-8/h4-5H,3,6H2,1-2H3,(H2,10,11,12). The van der Waals surface area contributed by atoms with Gasteiger partial charge < -0.3 is 10.6 Å². The van der Waals surface area contributed by atoms with Crippen molar-refractivity contribution in [2.75, 3.05) is 6.54 Å². The average Bonchev–Trinajstić information content (AvgIpc) is 2.49. The van der Waals surface area contributed by atoms with Crippen molar-refractivity contribution in [3.05, 3.63) is 21.9 Å². The van der Waals surface area contributed by atoms with Gasteiger partial charge in [-0.05, 0) is 38.2 Å². The summed E-state index contributed by atoms with van der Waals surface area (Å²) in [5, 5.41) is 6.92. The minimum Gasteiger partial charge on any atom is -0.363 e. The molecule has 1 rings (SSSR count). The van der Waals surface area contributed by atoms with Gasteiger partial charge in [0.15, 0.2) is 5.11 Å². The lowest BCUT2D eigenvalue weighted by Gasteiger charge is -2.06. The third-order valence-electron chi connectivity index (χ3n) is 1.56. The molecule has 0 spiro atoms. The van der Waals surface area contributed by atoms with Crippen LogP contribution in [-0.4, -0.2) is 11.7 Å². The van der Waals surface area contributed by atoms with Crippen LogP contribution >= 0.6 is 23.6 Å². The van der Waals surface area contributed by atoms with Crippen molar-refractivity contribution < 1.29 is 0 Å². The second-order valence-corrected chi connectivity index (χ2v) is 4.51. The van der Waals surface area contributed by atoms with E-state index in [-0.39, 0.29) is 0 Å². The highest BCUT2D eigenvalue weighted by atomic mass is 32.1. The lowest BCUT2D eigenvalue weighted by Crippen LogP contribution is -2.34. The van der Waals surface area contributed by atoms with E-state index in [0.717, 1.165) is 18.2 Å². The molecule has 1 aromatic rings. The first-order chi connectivity index (χ1) is 6.22. The molecule has 2 nitrogen and oxygen atoms in total. The van der Waals surface area contributed by atoms with Crippen LogP contribution in [0.3, 0.4) is 0 Å². The van der Waals surface area contributed by atoms with Crippen LogP contribution in [0.15, 0.2) is 12.1 Å². The van der Waals surface area contributed by atoms with E-state index < -0.39 is 0 Å². The van der Waals surface area contributed by atoms with Crippen molar-refractivity contribution in [2.24, 2.45) is 0 Å². The number of thiophene rings is 1. The van der Waals surface area contributed by atoms with Crippen LogP contribution in [-0.2, 0) is 6.54 Å². The van der Waals surface area contributed by atoms with Crippen molar-refractivity contribution in [3.63, 3.8) is 0 Å². The lowest BCUT2D eigenvalue weighted by atomic mass is 10.4. The number of rotatable bonds is 3. The molecule has 0 aliphatic carbocycles. The monoisotopic (exact) mass is 214 g/mol. The van der Waals surface area contributed by atoms with E-state index in [9.17, 15) is 0 Å². The number of nitrogens with one attached hydrogen (secondary N) is 2. The van der Waals surface area contributed by atoms with Gasteiger partial charge in [-0.25, -0.2) is 0 Å². The molecule has 0 aliphatic heterocycles. The SMILES string of the molecule is CCNC(=S)NCc1ccc(C)s1. The summed E-state index contributed by atoms with van der Waals surface area (Å²) in [6.07, 6.45) is 0. The van der Waals surface area contributed by atoms with Gasteiger partial charge in [-0.2, -0.15) is 0 Å². The Hall–Kier alpha value is -0.610. The summed E-state index contributed by atoms with van der Waals surface area (Å²) in [6, 6.07) is 4.25. The zero-order valence-corrected chi connectivity index (χ0v) is 9.52. The first-order valence-electron chi connectivity index (χ1n) is 4.29. The Morgan fingerprint density at radius 3 is 2.77 bits per heavy atom. The second-order valence-electron chi connectivity index (χ2n) is 2.73. The molecule has 0 radical (unpaired) electrons. The van der Waals surface area contributed by atoms with E-state index in [2.05, 4.69) is 29.7 Å². The molecular weight excluding hydrogens is 200 g/mol. The van der Waals surface area contributed by atoms with E-state index in [1.807, 2.05) is 6.92 Å². The lowest BCUT2D eigenvalue weighted by molar-refractivity contribution is 0.864. The summed E-state index contributed by atoms with van der Waals surface area (Å²) < 4.78 is 0. The maximum Gasteiger partial charge on any atom is 0.166 e. The Kier molecular flexibility index (Phi) is 4.18. The maximum absolute atomic E-state index is 5.04. The fourth-order valence-electron chi connectivity index (χ4n) is 0.971. The molecule has 0 saturated carbocycles. The van der Waals surface area contributed by atoms with Gasteiger partial charge in [0.25, 0.3) is 0 Å². The molecule has 1 heterocycles. The third kappa shape index (κ3) is 3.74. The van der Waals surface area contributed by atoms with Gasteiger partial charge in [-0.1, -0.05) is 0 Å². The molecule has 0 atom stereocenters. The maximum atomic E-state index is 5.04. The van der Waals surface area contributed by atoms with Crippen LogP contribution in [0.2, 0.25) is 0 Å². The Balaban J connectivity index is 2.30. The first kappa shape index (κ1) is 10.5.